The second-order valence-electron chi connectivity index (χ2n) is 9.31. The second-order valence-corrected chi connectivity index (χ2v) is 9.31. The van der Waals surface area contributed by atoms with Crippen LogP contribution in [0.5, 0.6) is 0 Å². The maximum Gasteiger partial charge on any atom is 0.274 e. The SMILES string of the molecule is C[C@@H](C1CCC1)n1cnc(C(=O)N2CC3C(C2)C3C2=NOC(C)(C)C2)c1. The minimum Gasteiger partial charge on any atom is -0.389 e. The maximum atomic E-state index is 12.8. The fourth-order valence-electron chi connectivity index (χ4n) is 5.05. The Morgan fingerprint density at radius 3 is 2.62 bits per heavy atom. The van der Waals surface area contributed by atoms with Gasteiger partial charge in [-0.25, -0.2) is 4.98 Å². The molecular formula is C20H28N4O2. The van der Waals surface area contributed by atoms with Crippen molar-refractivity contribution in [2.75, 3.05) is 13.1 Å². The molecule has 6 heteroatoms. The summed E-state index contributed by atoms with van der Waals surface area (Å²) in [4.78, 5) is 24.7. The van der Waals surface area contributed by atoms with E-state index < -0.39 is 0 Å². The first-order valence-corrected chi connectivity index (χ1v) is 10.0. The molecule has 0 aromatic carbocycles. The maximum absolute atomic E-state index is 12.8. The standard InChI is InChI=1S/C20H28N4O2/c1-12(13-5-4-6-13)24-10-17(21-11-24)19(25)23-8-14-15(9-23)18(14)16-7-20(2,3)26-22-16/h10-15,18H,4-9H2,1-3H3/t12-,14?,15?,18?/m0/s1. The van der Waals surface area contributed by atoms with Gasteiger partial charge in [0.05, 0.1) is 12.0 Å². The molecule has 1 aromatic heterocycles. The van der Waals surface area contributed by atoms with Crippen LogP contribution in [0.15, 0.2) is 17.7 Å². The summed E-state index contributed by atoms with van der Waals surface area (Å²) in [5, 5.41) is 4.31. The molecule has 0 bridgehead atoms. The Morgan fingerprint density at radius 1 is 1.31 bits per heavy atom. The molecular weight excluding hydrogens is 328 g/mol. The molecule has 2 aliphatic heterocycles. The van der Waals surface area contributed by atoms with Gasteiger partial charge in [0.1, 0.15) is 11.3 Å². The number of hydrogen-bond acceptors (Lipinski definition) is 4. The fourth-order valence-corrected chi connectivity index (χ4v) is 5.05. The Hall–Kier alpha value is -1.85. The van der Waals surface area contributed by atoms with Crippen LogP contribution in [0, 0.1) is 23.7 Å². The van der Waals surface area contributed by atoms with Gasteiger partial charge >= 0.3 is 0 Å². The van der Waals surface area contributed by atoms with E-state index >= 15 is 0 Å². The number of nitrogens with zero attached hydrogens (tertiary/aromatic N) is 4. The highest BCUT2D eigenvalue weighted by Gasteiger charge is 2.60. The van der Waals surface area contributed by atoms with Crippen LogP contribution in [0.4, 0.5) is 0 Å². The fraction of sp³-hybridized carbons (Fsp3) is 0.750. The van der Waals surface area contributed by atoms with E-state index in [1.54, 1.807) is 0 Å². The molecule has 5 rings (SSSR count). The van der Waals surface area contributed by atoms with Crippen molar-refractivity contribution >= 4 is 11.6 Å². The first kappa shape index (κ1) is 16.3. The van der Waals surface area contributed by atoms with Crippen LogP contribution in [0.2, 0.25) is 0 Å². The molecule has 0 spiro atoms. The third kappa shape index (κ3) is 2.57. The highest BCUT2D eigenvalue weighted by molar-refractivity contribution is 5.94. The number of carbonyl (C=O) groups is 1. The van der Waals surface area contributed by atoms with E-state index in [0.29, 0.717) is 29.5 Å². The molecule has 3 fully saturated rings. The van der Waals surface area contributed by atoms with E-state index in [9.17, 15) is 4.79 Å². The number of oxime groups is 1. The van der Waals surface area contributed by atoms with Crippen LogP contribution >= 0.6 is 0 Å². The second kappa shape index (κ2) is 5.57. The van der Waals surface area contributed by atoms with Gasteiger partial charge in [0.15, 0.2) is 0 Å². The van der Waals surface area contributed by atoms with E-state index in [-0.39, 0.29) is 11.5 Å². The summed E-state index contributed by atoms with van der Waals surface area (Å²) in [5.74, 6) is 2.47. The van der Waals surface area contributed by atoms with E-state index in [4.69, 9.17) is 4.84 Å². The van der Waals surface area contributed by atoms with Gasteiger partial charge in [-0.3, -0.25) is 4.79 Å². The van der Waals surface area contributed by atoms with Gasteiger partial charge in [-0.2, -0.15) is 0 Å². The summed E-state index contributed by atoms with van der Waals surface area (Å²) in [6.45, 7) is 8.06. The number of amides is 1. The van der Waals surface area contributed by atoms with Crippen molar-refractivity contribution in [1.29, 1.82) is 0 Å². The lowest BCUT2D eigenvalue weighted by atomic mass is 9.80. The molecule has 6 nitrogen and oxygen atoms in total. The largest absolute Gasteiger partial charge is 0.389 e. The van der Waals surface area contributed by atoms with Crippen LogP contribution in [0.25, 0.3) is 0 Å². The smallest absolute Gasteiger partial charge is 0.274 e. The molecule has 0 N–H and O–H groups in total. The first-order chi connectivity index (χ1) is 12.4. The molecule has 1 aromatic rings. The first-order valence-electron chi connectivity index (χ1n) is 10.0. The zero-order chi connectivity index (χ0) is 18.1. The Morgan fingerprint density at radius 2 is 2.04 bits per heavy atom. The summed E-state index contributed by atoms with van der Waals surface area (Å²) in [7, 11) is 0. The van der Waals surface area contributed by atoms with Crippen molar-refractivity contribution in [1.82, 2.24) is 14.5 Å². The number of imidazole rings is 1. The topological polar surface area (TPSA) is 59.7 Å². The average molecular weight is 356 g/mol. The van der Waals surface area contributed by atoms with Crippen molar-refractivity contribution in [3.05, 3.63) is 18.2 Å². The van der Waals surface area contributed by atoms with E-state index in [1.807, 2.05) is 17.4 Å². The quantitative estimate of drug-likeness (QED) is 0.833. The summed E-state index contributed by atoms with van der Waals surface area (Å²) < 4.78 is 2.13. The lowest BCUT2D eigenvalue weighted by molar-refractivity contribution is 0.0123. The number of fused-ring (bicyclic) bond motifs is 1. The number of likely N-dealkylation sites (tertiary alicyclic amines) is 1. The average Bonchev–Trinajstić information content (AvgIpc) is 2.99. The van der Waals surface area contributed by atoms with E-state index in [1.165, 1.54) is 25.0 Å². The Kier molecular flexibility index (Phi) is 3.50. The van der Waals surface area contributed by atoms with Crippen molar-refractivity contribution < 1.29 is 9.63 Å². The van der Waals surface area contributed by atoms with Crippen molar-refractivity contribution in [2.24, 2.45) is 28.8 Å². The van der Waals surface area contributed by atoms with Crippen molar-refractivity contribution in [3.63, 3.8) is 0 Å². The molecule has 0 radical (unpaired) electrons. The third-order valence-electron chi connectivity index (χ3n) is 7.01. The monoisotopic (exact) mass is 356 g/mol. The molecule has 1 amide bonds. The number of aromatic nitrogens is 2. The summed E-state index contributed by atoms with van der Waals surface area (Å²) in [6, 6.07) is 0.442. The van der Waals surface area contributed by atoms with Gasteiger partial charge < -0.3 is 14.3 Å². The van der Waals surface area contributed by atoms with Gasteiger partial charge in [0.2, 0.25) is 0 Å². The molecule has 4 aliphatic rings. The number of carbonyl (C=O) groups excluding carboxylic acids is 1. The Balaban J connectivity index is 1.19. The molecule has 3 atom stereocenters. The lowest BCUT2D eigenvalue weighted by Crippen LogP contribution is -2.33. The number of rotatable bonds is 4. The lowest BCUT2D eigenvalue weighted by Gasteiger charge is -2.32. The van der Waals surface area contributed by atoms with Gasteiger partial charge in [-0.05, 0) is 51.4 Å². The Bertz CT molecular complexity index is 752. The highest BCUT2D eigenvalue weighted by Crippen LogP contribution is 2.54. The molecule has 2 aliphatic carbocycles. The normalized spacial score (nSPS) is 33.3. The van der Waals surface area contributed by atoms with Crippen LogP contribution in [0.3, 0.4) is 0 Å². The van der Waals surface area contributed by atoms with E-state index in [2.05, 4.69) is 35.5 Å². The predicted molar refractivity (Wildman–Crippen MR) is 97.9 cm³/mol. The Labute approximate surface area is 154 Å². The van der Waals surface area contributed by atoms with Crippen LogP contribution < -0.4 is 0 Å². The van der Waals surface area contributed by atoms with Crippen molar-refractivity contribution in [2.45, 2.75) is 58.1 Å². The zero-order valence-electron chi connectivity index (χ0n) is 15.9. The third-order valence-corrected chi connectivity index (χ3v) is 7.01. The molecule has 1 saturated heterocycles. The number of hydrogen-bond donors (Lipinski definition) is 0. The zero-order valence-corrected chi connectivity index (χ0v) is 15.9. The number of piperidine rings is 1. The van der Waals surface area contributed by atoms with Crippen LogP contribution in [-0.2, 0) is 4.84 Å². The molecule has 26 heavy (non-hydrogen) atoms. The summed E-state index contributed by atoms with van der Waals surface area (Å²) >= 11 is 0. The minimum absolute atomic E-state index is 0.0838. The summed E-state index contributed by atoms with van der Waals surface area (Å²) in [6.07, 6.45) is 8.63. The highest BCUT2D eigenvalue weighted by atomic mass is 16.7. The van der Waals surface area contributed by atoms with Crippen LogP contribution in [0.1, 0.15) is 63.0 Å². The minimum atomic E-state index is -0.161. The van der Waals surface area contributed by atoms with Gasteiger partial charge in [-0.15, -0.1) is 0 Å². The van der Waals surface area contributed by atoms with Crippen molar-refractivity contribution in [3.8, 4) is 0 Å². The summed E-state index contributed by atoms with van der Waals surface area (Å²) in [5.41, 5.74) is 1.64. The predicted octanol–water partition coefficient (Wildman–Crippen LogP) is 3.12. The molecule has 2 saturated carbocycles. The molecule has 3 heterocycles. The molecule has 140 valence electrons. The van der Waals surface area contributed by atoms with Crippen LogP contribution in [-0.4, -0.2) is 44.8 Å². The van der Waals surface area contributed by atoms with E-state index in [0.717, 1.165) is 25.4 Å². The van der Waals surface area contributed by atoms with Gasteiger partial charge in [0.25, 0.3) is 5.91 Å². The van der Waals surface area contributed by atoms with Gasteiger partial charge in [-0.1, -0.05) is 11.6 Å². The molecule has 2 unspecified atom stereocenters. The van der Waals surface area contributed by atoms with Gasteiger partial charge in [0, 0.05) is 37.7 Å².